The molecule has 3 fully saturated rings. The molecule has 2 nitrogen and oxygen atoms in total. The Bertz CT molecular complexity index is 622. The van der Waals surface area contributed by atoms with E-state index in [1.165, 1.54) is 31.3 Å². The molecule has 1 N–H and O–H groups in total. The third-order valence-corrected chi connectivity index (χ3v) is 9.98. The molecular weight excluding hydrogens is 308 g/mol. The van der Waals surface area contributed by atoms with Crippen molar-refractivity contribution in [2.75, 3.05) is 0 Å². The standard InChI is InChI=1S/C23H36O2/c1-14-12-20-18-7-6-16-13-17(25)8-10-21(16,3)19(18)9-11-22(20,4)23(14,5)15(2)24/h6,14,17-20,25H,7-13H2,1-5H3. The monoisotopic (exact) mass is 344 g/mol. The van der Waals surface area contributed by atoms with Crippen LogP contribution in [0.5, 0.6) is 0 Å². The molecule has 2 heteroatoms. The van der Waals surface area contributed by atoms with Gasteiger partial charge in [-0.05, 0) is 86.4 Å². The number of ketones is 1. The molecule has 0 aromatic heterocycles. The first-order valence-corrected chi connectivity index (χ1v) is 10.5. The Morgan fingerprint density at radius 1 is 1.16 bits per heavy atom. The van der Waals surface area contributed by atoms with Gasteiger partial charge in [-0.3, -0.25) is 4.79 Å². The minimum absolute atomic E-state index is 0.128. The van der Waals surface area contributed by atoms with Gasteiger partial charge in [0.15, 0.2) is 0 Å². The van der Waals surface area contributed by atoms with E-state index in [2.05, 4.69) is 33.8 Å². The molecule has 4 rings (SSSR count). The van der Waals surface area contributed by atoms with E-state index in [0.717, 1.165) is 31.1 Å². The number of rotatable bonds is 1. The van der Waals surface area contributed by atoms with Crippen molar-refractivity contribution in [2.24, 2.45) is 39.9 Å². The van der Waals surface area contributed by atoms with E-state index in [1.54, 1.807) is 0 Å². The zero-order valence-corrected chi connectivity index (χ0v) is 16.8. The van der Waals surface area contributed by atoms with Crippen molar-refractivity contribution in [2.45, 2.75) is 85.7 Å². The van der Waals surface area contributed by atoms with E-state index < -0.39 is 0 Å². The fourth-order valence-corrected chi connectivity index (χ4v) is 7.97. The van der Waals surface area contributed by atoms with Crippen LogP contribution in [0.2, 0.25) is 0 Å². The number of hydrogen-bond donors (Lipinski definition) is 1. The van der Waals surface area contributed by atoms with Gasteiger partial charge in [0.2, 0.25) is 0 Å². The van der Waals surface area contributed by atoms with Crippen LogP contribution in [0, 0.1) is 39.9 Å². The van der Waals surface area contributed by atoms with Crippen molar-refractivity contribution in [3.63, 3.8) is 0 Å². The van der Waals surface area contributed by atoms with Crippen molar-refractivity contribution in [3.8, 4) is 0 Å². The average molecular weight is 345 g/mol. The lowest BCUT2D eigenvalue weighted by molar-refractivity contribution is -0.140. The normalized spacial score (nSPS) is 55.0. The number of carbonyl (C=O) groups is 1. The van der Waals surface area contributed by atoms with Gasteiger partial charge in [0.05, 0.1) is 6.10 Å². The highest BCUT2D eigenvalue weighted by Crippen LogP contribution is 2.71. The summed E-state index contributed by atoms with van der Waals surface area (Å²) >= 11 is 0. The van der Waals surface area contributed by atoms with Gasteiger partial charge in [-0.25, -0.2) is 0 Å². The summed E-state index contributed by atoms with van der Waals surface area (Å²) in [7, 11) is 0. The number of aliphatic hydroxyl groups excluding tert-OH is 1. The van der Waals surface area contributed by atoms with Crippen molar-refractivity contribution < 1.29 is 9.90 Å². The van der Waals surface area contributed by atoms with E-state index in [-0.39, 0.29) is 16.9 Å². The molecule has 140 valence electrons. The van der Waals surface area contributed by atoms with E-state index in [4.69, 9.17) is 0 Å². The lowest BCUT2D eigenvalue weighted by Gasteiger charge is -2.59. The molecule has 0 aromatic carbocycles. The highest BCUT2D eigenvalue weighted by molar-refractivity contribution is 5.83. The number of Topliss-reactive ketones (excluding diaryl/α,β-unsaturated/α-hetero) is 1. The number of allylic oxidation sites excluding steroid dienone is 1. The largest absolute Gasteiger partial charge is 0.393 e. The molecule has 0 radical (unpaired) electrons. The highest BCUT2D eigenvalue weighted by Gasteiger charge is 2.66. The maximum Gasteiger partial charge on any atom is 0.136 e. The van der Waals surface area contributed by atoms with Crippen LogP contribution in [0.3, 0.4) is 0 Å². The van der Waals surface area contributed by atoms with Gasteiger partial charge in [0, 0.05) is 5.41 Å². The summed E-state index contributed by atoms with van der Waals surface area (Å²) in [5.41, 5.74) is 1.84. The van der Waals surface area contributed by atoms with Crippen molar-refractivity contribution in [1.82, 2.24) is 0 Å². The molecule has 0 saturated heterocycles. The Balaban J connectivity index is 1.72. The first-order valence-electron chi connectivity index (χ1n) is 10.5. The first kappa shape index (κ1) is 17.8. The topological polar surface area (TPSA) is 37.3 Å². The third-order valence-electron chi connectivity index (χ3n) is 9.98. The summed E-state index contributed by atoms with van der Waals surface area (Å²) in [5, 5.41) is 10.1. The maximum atomic E-state index is 12.7. The predicted octanol–water partition coefficient (Wildman–Crippen LogP) is 5.15. The predicted molar refractivity (Wildman–Crippen MR) is 101 cm³/mol. The van der Waals surface area contributed by atoms with Crippen LogP contribution in [-0.4, -0.2) is 17.0 Å². The second kappa shape index (κ2) is 5.44. The van der Waals surface area contributed by atoms with Crippen LogP contribution in [0.4, 0.5) is 0 Å². The summed E-state index contributed by atoms with van der Waals surface area (Å²) in [5.74, 6) is 3.05. The Morgan fingerprint density at radius 3 is 2.56 bits per heavy atom. The molecule has 0 amide bonds. The smallest absolute Gasteiger partial charge is 0.136 e. The fourth-order valence-electron chi connectivity index (χ4n) is 7.97. The van der Waals surface area contributed by atoms with E-state index in [1.807, 2.05) is 6.92 Å². The molecule has 0 aromatic rings. The zero-order chi connectivity index (χ0) is 18.2. The minimum atomic E-state index is -0.156. The number of aliphatic hydroxyl groups is 1. The van der Waals surface area contributed by atoms with Crippen LogP contribution in [-0.2, 0) is 4.79 Å². The number of hydrogen-bond acceptors (Lipinski definition) is 2. The number of carbonyl (C=O) groups excluding carboxylic acids is 1. The Labute approximate surface area is 153 Å². The van der Waals surface area contributed by atoms with Gasteiger partial charge in [-0.1, -0.05) is 39.3 Å². The Hall–Kier alpha value is -0.630. The van der Waals surface area contributed by atoms with Crippen LogP contribution < -0.4 is 0 Å². The Kier molecular flexibility index (Phi) is 3.87. The van der Waals surface area contributed by atoms with Gasteiger partial charge in [-0.15, -0.1) is 0 Å². The third kappa shape index (κ3) is 2.10. The second-order valence-corrected chi connectivity index (χ2v) is 10.5. The zero-order valence-electron chi connectivity index (χ0n) is 16.8. The van der Waals surface area contributed by atoms with Crippen molar-refractivity contribution in [3.05, 3.63) is 11.6 Å². The lowest BCUT2D eigenvalue weighted by Crippen LogP contribution is -2.53. The second-order valence-electron chi connectivity index (χ2n) is 10.5. The van der Waals surface area contributed by atoms with Crippen LogP contribution in [0.25, 0.3) is 0 Å². The minimum Gasteiger partial charge on any atom is -0.393 e. The molecule has 0 aliphatic heterocycles. The van der Waals surface area contributed by atoms with Crippen LogP contribution in [0.15, 0.2) is 11.6 Å². The molecule has 3 saturated carbocycles. The lowest BCUT2D eigenvalue weighted by atomic mass is 9.45. The van der Waals surface area contributed by atoms with Gasteiger partial charge in [0.1, 0.15) is 5.78 Å². The molecule has 0 spiro atoms. The molecule has 4 aliphatic rings. The first-order chi connectivity index (χ1) is 11.6. The van der Waals surface area contributed by atoms with E-state index in [9.17, 15) is 9.90 Å². The van der Waals surface area contributed by atoms with Crippen molar-refractivity contribution in [1.29, 1.82) is 0 Å². The SMILES string of the molecule is CC(=O)C1(C)C(C)CC2C3CC=C4CC(O)CCC4(C)C3CCC21C. The van der Waals surface area contributed by atoms with Crippen LogP contribution >= 0.6 is 0 Å². The molecule has 0 bridgehead atoms. The van der Waals surface area contributed by atoms with Gasteiger partial charge in [-0.2, -0.15) is 0 Å². The average Bonchev–Trinajstić information content (AvgIpc) is 2.77. The van der Waals surface area contributed by atoms with Gasteiger partial charge < -0.3 is 5.11 Å². The molecule has 0 heterocycles. The highest BCUT2D eigenvalue weighted by atomic mass is 16.3. The fraction of sp³-hybridized carbons (Fsp3) is 0.870. The summed E-state index contributed by atoms with van der Waals surface area (Å²) in [4.78, 5) is 12.7. The molecule has 25 heavy (non-hydrogen) atoms. The molecular formula is C23H36O2. The van der Waals surface area contributed by atoms with Gasteiger partial charge in [0.25, 0.3) is 0 Å². The molecule has 8 atom stereocenters. The molecule has 8 unspecified atom stereocenters. The Morgan fingerprint density at radius 2 is 1.88 bits per heavy atom. The molecule has 4 aliphatic carbocycles. The summed E-state index contributed by atoms with van der Waals surface area (Å²) in [6.45, 7) is 11.3. The quantitative estimate of drug-likeness (QED) is 0.668. The maximum absolute atomic E-state index is 12.7. The summed E-state index contributed by atoms with van der Waals surface area (Å²) in [6.07, 6.45) is 10.2. The summed E-state index contributed by atoms with van der Waals surface area (Å²) < 4.78 is 0. The van der Waals surface area contributed by atoms with Gasteiger partial charge >= 0.3 is 0 Å². The number of fused-ring (bicyclic) bond motifs is 5. The van der Waals surface area contributed by atoms with Crippen molar-refractivity contribution >= 4 is 5.78 Å². The van der Waals surface area contributed by atoms with Crippen LogP contribution in [0.1, 0.15) is 79.6 Å². The van der Waals surface area contributed by atoms with E-state index in [0.29, 0.717) is 23.0 Å². The summed E-state index contributed by atoms with van der Waals surface area (Å²) in [6, 6.07) is 0. The van der Waals surface area contributed by atoms with E-state index >= 15 is 0 Å².